The molecule has 0 amide bonds. The molecule has 170 valence electrons. The van der Waals surface area contributed by atoms with Gasteiger partial charge in [-0.15, -0.1) is 13.2 Å². The van der Waals surface area contributed by atoms with E-state index in [-0.39, 0.29) is 11.8 Å². The van der Waals surface area contributed by atoms with Crippen molar-refractivity contribution in [3.63, 3.8) is 0 Å². The smallest absolute Gasteiger partial charge is 0.406 e. The van der Waals surface area contributed by atoms with E-state index >= 15 is 0 Å². The fourth-order valence-corrected chi connectivity index (χ4v) is 4.35. The van der Waals surface area contributed by atoms with Gasteiger partial charge in [-0.1, -0.05) is 12.1 Å². The normalized spacial score (nSPS) is 15.9. The number of ether oxygens (including phenoxy) is 1. The van der Waals surface area contributed by atoms with E-state index in [1.54, 1.807) is 31.4 Å². The van der Waals surface area contributed by atoms with Crippen LogP contribution in [-0.4, -0.2) is 38.5 Å². The number of aryl methyl sites for hydroxylation is 1. The summed E-state index contributed by atoms with van der Waals surface area (Å²) in [6, 6.07) is 7.41. The molecule has 3 heterocycles. The number of rotatable bonds is 4. The van der Waals surface area contributed by atoms with E-state index in [2.05, 4.69) is 30.6 Å². The maximum absolute atomic E-state index is 12.8. The molecular weight excluding hydrogens is 493 g/mol. The van der Waals surface area contributed by atoms with Gasteiger partial charge in [0.2, 0.25) is 0 Å². The highest BCUT2D eigenvalue weighted by molar-refractivity contribution is 9.10. The highest BCUT2D eigenvalue weighted by atomic mass is 79.9. The average Bonchev–Trinajstić information content (AvgIpc) is 2.74. The number of halogens is 4. The van der Waals surface area contributed by atoms with Crippen LogP contribution in [0, 0.1) is 0 Å². The molecule has 32 heavy (non-hydrogen) atoms. The number of fused-ring (bicyclic) bond motifs is 1. The summed E-state index contributed by atoms with van der Waals surface area (Å²) in [6.45, 7) is 1.91. The van der Waals surface area contributed by atoms with E-state index < -0.39 is 17.5 Å². The largest absolute Gasteiger partial charge is 0.573 e. The Balaban J connectivity index is 1.48. The molecule has 0 aliphatic carbocycles. The monoisotopic (exact) mass is 512 g/mol. The molecule has 4 rings (SSSR count). The first-order chi connectivity index (χ1) is 15.1. The highest BCUT2D eigenvalue weighted by Crippen LogP contribution is 2.27. The van der Waals surface area contributed by atoms with Crippen molar-refractivity contribution in [2.75, 3.05) is 13.1 Å². The Labute approximate surface area is 189 Å². The van der Waals surface area contributed by atoms with Gasteiger partial charge in [0.1, 0.15) is 5.75 Å². The third-order valence-corrected chi connectivity index (χ3v) is 6.03. The Morgan fingerprint density at radius 1 is 1.12 bits per heavy atom. The zero-order valence-electron chi connectivity index (χ0n) is 17.1. The quantitative estimate of drug-likeness (QED) is 0.499. The van der Waals surface area contributed by atoms with Crippen LogP contribution in [0.25, 0.3) is 11.2 Å². The maximum atomic E-state index is 12.8. The van der Waals surface area contributed by atoms with Crippen LogP contribution in [0.1, 0.15) is 24.4 Å². The second-order valence-corrected chi connectivity index (χ2v) is 8.65. The Morgan fingerprint density at radius 3 is 2.41 bits per heavy atom. The zero-order valence-corrected chi connectivity index (χ0v) is 18.7. The second-order valence-electron chi connectivity index (χ2n) is 7.73. The van der Waals surface area contributed by atoms with Crippen LogP contribution in [0.4, 0.5) is 13.2 Å². The molecule has 0 unspecified atom stereocenters. The van der Waals surface area contributed by atoms with Crippen molar-refractivity contribution in [1.82, 2.24) is 19.0 Å². The van der Waals surface area contributed by atoms with Gasteiger partial charge in [-0.2, -0.15) is 0 Å². The van der Waals surface area contributed by atoms with Crippen molar-refractivity contribution in [3.8, 4) is 5.75 Å². The van der Waals surface area contributed by atoms with Gasteiger partial charge in [-0.3, -0.25) is 19.1 Å². The second kappa shape index (κ2) is 8.70. The van der Waals surface area contributed by atoms with Gasteiger partial charge in [0, 0.05) is 43.4 Å². The fraction of sp³-hybridized carbons (Fsp3) is 0.381. The lowest BCUT2D eigenvalue weighted by Gasteiger charge is -2.33. The lowest BCUT2D eigenvalue weighted by Crippen LogP contribution is -2.45. The molecular formula is C21H20BrF3N4O3. The number of benzene rings is 1. The summed E-state index contributed by atoms with van der Waals surface area (Å²) in [6.07, 6.45) is -1.82. The number of aromatic nitrogens is 3. The molecule has 0 spiro atoms. The average molecular weight is 513 g/mol. The molecule has 1 aliphatic heterocycles. The predicted octanol–water partition coefficient (Wildman–Crippen LogP) is 3.59. The lowest BCUT2D eigenvalue weighted by molar-refractivity contribution is -0.274. The minimum absolute atomic E-state index is 0.161. The summed E-state index contributed by atoms with van der Waals surface area (Å²) >= 11 is 3.35. The first-order valence-electron chi connectivity index (χ1n) is 9.96. The number of likely N-dealkylation sites (tertiary alicyclic amines) is 1. The van der Waals surface area contributed by atoms with Gasteiger partial charge < -0.3 is 9.30 Å². The molecule has 0 bridgehead atoms. The summed E-state index contributed by atoms with van der Waals surface area (Å²) < 4.78 is 44.3. The van der Waals surface area contributed by atoms with Crippen LogP contribution in [0.5, 0.6) is 5.75 Å². The van der Waals surface area contributed by atoms with Crippen molar-refractivity contribution in [2.24, 2.45) is 7.05 Å². The van der Waals surface area contributed by atoms with Crippen molar-refractivity contribution in [2.45, 2.75) is 31.8 Å². The molecule has 0 radical (unpaired) electrons. The SMILES string of the molecule is Cn1c(=O)c(=O)n(C2CCN(Cc3ccc(OC(F)(F)F)cc3)CC2)c2ncc(Br)cc21. The number of alkyl halides is 3. The van der Waals surface area contributed by atoms with E-state index in [0.29, 0.717) is 48.1 Å². The summed E-state index contributed by atoms with van der Waals surface area (Å²) in [5.74, 6) is -0.254. The first kappa shape index (κ1) is 22.5. The molecule has 1 aromatic carbocycles. The Morgan fingerprint density at radius 2 is 1.78 bits per heavy atom. The third kappa shape index (κ3) is 4.73. The van der Waals surface area contributed by atoms with Gasteiger partial charge in [-0.25, -0.2) is 4.98 Å². The van der Waals surface area contributed by atoms with Crippen LogP contribution in [-0.2, 0) is 13.6 Å². The molecule has 1 saturated heterocycles. The first-order valence-corrected chi connectivity index (χ1v) is 10.8. The standard InChI is InChI=1S/C21H20BrF3N4O3/c1-27-17-10-14(22)11-26-18(17)29(20(31)19(27)30)15-6-8-28(9-7-15)12-13-2-4-16(5-3-13)32-21(23,24)25/h2-5,10-11,15H,6-9,12H2,1H3. The summed E-state index contributed by atoms with van der Waals surface area (Å²) in [4.78, 5) is 31.8. The molecule has 0 atom stereocenters. The minimum Gasteiger partial charge on any atom is -0.406 e. The minimum atomic E-state index is -4.71. The lowest BCUT2D eigenvalue weighted by atomic mass is 10.0. The van der Waals surface area contributed by atoms with Crippen LogP contribution >= 0.6 is 15.9 Å². The fourth-order valence-electron chi connectivity index (χ4n) is 4.04. The predicted molar refractivity (Wildman–Crippen MR) is 116 cm³/mol. The summed E-state index contributed by atoms with van der Waals surface area (Å²) in [7, 11) is 1.55. The van der Waals surface area contributed by atoms with Crippen molar-refractivity contribution >= 4 is 27.1 Å². The van der Waals surface area contributed by atoms with Gasteiger partial charge >= 0.3 is 17.5 Å². The van der Waals surface area contributed by atoms with Crippen molar-refractivity contribution in [1.29, 1.82) is 0 Å². The molecule has 7 nitrogen and oxygen atoms in total. The molecule has 1 aliphatic rings. The molecule has 11 heteroatoms. The Kier molecular flexibility index (Phi) is 6.13. The molecule has 2 aromatic heterocycles. The number of hydrogen-bond donors (Lipinski definition) is 0. The van der Waals surface area contributed by atoms with Gasteiger partial charge in [0.05, 0.1) is 5.52 Å². The topological polar surface area (TPSA) is 69.4 Å². The summed E-state index contributed by atoms with van der Waals surface area (Å²) in [5.41, 5.74) is 0.724. The third-order valence-electron chi connectivity index (χ3n) is 5.60. The number of hydrogen-bond acceptors (Lipinski definition) is 5. The number of piperidine rings is 1. The number of nitrogens with zero attached hydrogens (tertiary/aromatic N) is 4. The molecule has 1 fully saturated rings. The van der Waals surface area contributed by atoms with Gasteiger partial charge in [-0.05, 0) is 52.5 Å². The van der Waals surface area contributed by atoms with E-state index in [1.165, 1.54) is 21.3 Å². The van der Waals surface area contributed by atoms with Gasteiger partial charge in [0.15, 0.2) is 5.65 Å². The van der Waals surface area contributed by atoms with Crippen LogP contribution in [0.2, 0.25) is 0 Å². The van der Waals surface area contributed by atoms with Gasteiger partial charge in [0.25, 0.3) is 0 Å². The highest BCUT2D eigenvalue weighted by Gasteiger charge is 2.31. The number of pyridine rings is 1. The molecule has 0 saturated carbocycles. The Hall–Kier alpha value is -2.66. The summed E-state index contributed by atoms with van der Waals surface area (Å²) in [5, 5.41) is 0. The van der Waals surface area contributed by atoms with Crippen molar-refractivity contribution in [3.05, 3.63) is 67.3 Å². The van der Waals surface area contributed by atoms with Crippen LogP contribution in [0.15, 0.2) is 50.6 Å². The van der Waals surface area contributed by atoms with E-state index in [1.807, 2.05) is 0 Å². The van der Waals surface area contributed by atoms with E-state index in [0.717, 1.165) is 5.56 Å². The zero-order chi connectivity index (χ0) is 23.0. The molecule has 0 N–H and O–H groups in total. The van der Waals surface area contributed by atoms with Crippen molar-refractivity contribution < 1.29 is 17.9 Å². The maximum Gasteiger partial charge on any atom is 0.573 e. The van der Waals surface area contributed by atoms with Crippen LogP contribution < -0.4 is 15.9 Å². The molecule has 3 aromatic rings. The van der Waals surface area contributed by atoms with Crippen LogP contribution in [0.3, 0.4) is 0 Å². The van der Waals surface area contributed by atoms with E-state index in [9.17, 15) is 22.8 Å². The van der Waals surface area contributed by atoms with E-state index in [4.69, 9.17) is 0 Å². The Bertz CT molecular complexity index is 1250.